The SMILES string of the molecule is O=C1C(=O)N(Cc2ccc(F)cc2Br)c2c(Br)cccc21. The van der Waals surface area contributed by atoms with Gasteiger partial charge in [0.15, 0.2) is 0 Å². The van der Waals surface area contributed by atoms with E-state index in [1.54, 1.807) is 24.3 Å². The van der Waals surface area contributed by atoms with Gasteiger partial charge in [0.2, 0.25) is 0 Å². The van der Waals surface area contributed by atoms with Gasteiger partial charge in [0.05, 0.1) is 17.8 Å². The lowest BCUT2D eigenvalue weighted by molar-refractivity contribution is -0.114. The number of para-hydroxylation sites is 1. The van der Waals surface area contributed by atoms with Gasteiger partial charge in [-0.25, -0.2) is 4.39 Å². The van der Waals surface area contributed by atoms with Gasteiger partial charge in [-0.1, -0.05) is 28.1 Å². The second kappa shape index (κ2) is 5.35. The summed E-state index contributed by atoms with van der Waals surface area (Å²) in [6, 6.07) is 9.36. The molecule has 3 rings (SSSR count). The van der Waals surface area contributed by atoms with Crippen LogP contribution < -0.4 is 4.90 Å². The van der Waals surface area contributed by atoms with Crippen molar-refractivity contribution in [3.8, 4) is 0 Å². The Morgan fingerprint density at radius 1 is 1.05 bits per heavy atom. The smallest absolute Gasteiger partial charge is 0.299 e. The molecule has 1 heterocycles. The molecular weight excluding hydrogens is 405 g/mol. The first kappa shape index (κ1) is 14.4. The van der Waals surface area contributed by atoms with Crippen molar-refractivity contribution in [2.24, 2.45) is 0 Å². The van der Waals surface area contributed by atoms with Gasteiger partial charge in [-0.2, -0.15) is 0 Å². The van der Waals surface area contributed by atoms with Crippen LogP contribution in [0.1, 0.15) is 15.9 Å². The molecule has 0 aliphatic carbocycles. The highest BCUT2D eigenvalue weighted by Crippen LogP contribution is 2.37. The van der Waals surface area contributed by atoms with Crippen molar-refractivity contribution < 1.29 is 14.0 Å². The molecule has 0 aromatic heterocycles. The number of carbonyl (C=O) groups excluding carboxylic acids is 2. The summed E-state index contributed by atoms with van der Waals surface area (Å²) >= 11 is 6.64. The number of fused-ring (bicyclic) bond motifs is 1. The molecule has 0 radical (unpaired) electrons. The largest absolute Gasteiger partial charge is 0.299 e. The Bertz CT molecular complexity index is 776. The van der Waals surface area contributed by atoms with E-state index in [0.717, 1.165) is 5.56 Å². The molecule has 1 aliphatic heterocycles. The Balaban J connectivity index is 2.04. The topological polar surface area (TPSA) is 37.4 Å². The van der Waals surface area contributed by atoms with Crippen molar-refractivity contribution in [1.82, 2.24) is 0 Å². The number of amides is 1. The Morgan fingerprint density at radius 2 is 1.81 bits per heavy atom. The highest BCUT2D eigenvalue weighted by molar-refractivity contribution is 9.11. The van der Waals surface area contributed by atoms with Gasteiger partial charge in [0.25, 0.3) is 11.7 Å². The van der Waals surface area contributed by atoms with Crippen LogP contribution in [0, 0.1) is 5.82 Å². The lowest BCUT2D eigenvalue weighted by Crippen LogP contribution is -2.29. The summed E-state index contributed by atoms with van der Waals surface area (Å²) in [5.41, 5.74) is 1.66. The fourth-order valence-corrected chi connectivity index (χ4v) is 3.34. The highest BCUT2D eigenvalue weighted by atomic mass is 79.9. The first-order valence-corrected chi connectivity index (χ1v) is 7.66. The molecule has 1 aliphatic rings. The van der Waals surface area contributed by atoms with E-state index in [4.69, 9.17) is 0 Å². The number of hydrogen-bond acceptors (Lipinski definition) is 2. The normalized spacial score (nSPS) is 13.8. The zero-order valence-corrected chi connectivity index (χ0v) is 13.7. The summed E-state index contributed by atoms with van der Waals surface area (Å²) in [7, 11) is 0. The van der Waals surface area contributed by atoms with E-state index >= 15 is 0 Å². The molecule has 6 heteroatoms. The van der Waals surface area contributed by atoms with Crippen molar-refractivity contribution >= 4 is 49.2 Å². The minimum absolute atomic E-state index is 0.195. The van der Waals surface area contributed by atoms with Crippen LogP contribution in [0.4, 0.5) is 10.1 Å². The van der Waals surface area contributed by atoms with E-state index in [0.29, 0.717) is 20.2 Å². The van der Waals surface area contributed by atoms with Crippen molar-refractivity contribution in [2.75, 3.05) is 4.90 Å². The summed E-state index contributed by atoms with van der Waals surface area (Å²) in [5.74, 6) is -1.46. The quantitative estimate of drug-likeness (QED) is 0.697. The first-order valence-electron chi connectivity index (χ1n) is 6.07. The van der Waals surface area contributed by atoms with Gasteiger partial charge >= 0.3 is 0 Å². The van der Waals surface area contributed by atoms with E-state index in [1.807, 2.05) is 0 Å². The summed E-state index contributed by atoms with van der Waals surface area (Å²) < 4.78 is 14.4. The van der Waals surface area contributed by atoms with E-state index in [1.165, 1.54) is 17.0 Å². The predicted molar refractivity (Wildman–Crippen MR) is 83.8 cm³/mol. The standard InChI is InChI=1S/C15H8Br2FNO2/c16-11-3-1-2-10-13(11)19(15(21)14(10)20)7-8-4-5-9(18)6-12(8)17/h1-6H,7H2. The number of ketones is 1. The number of carbonyl (C=O) groups is 2. The summed E-state index contributed by atoms with van der Waals surface area (Å²) in [6.45, 7) is 0.195. The fraction of sp³-hybridized carbons (Fsp3) is 0.0667. The Hall–Kier alpha value is -1.53. The molecule has 0 saturated carbocycles. The third kappa shape index (κ3) is 2.42. The van der Waals surface area contributed by atoms with E-state index < -0.39 is 11.7 Å². The molecule has 0 N–H and O–H groups in total. The lowest BCUT2D eigenvalue weighted by Gasteiger charge is -2.18. The van der Waals surface area contributed by atoms with Gasteiger partial charge in [0.1, 0.15) is 5.82 Å². The Morgan fingerprint density at radius 3 is 2.52 bits per heavy atom. The Labute approximate surface area is 137 Å². The number of nitrogens with zero attached hydrogens (tertiary/aromatic N) is 1. The number of anilines is 1. The number of halogens is 3. The van der Waals surface area contributed by atoms with E-state index in [2.05, 4.69) is 31.9 Å². The lowest BCUT2D eigenvalue weighted by atomic mass is 10.1. The Kier molecular flexibility index (Phi) is 3.67. The van der Waals surface area contributed by atoms with E-state index in [-0.39, 0.29) is 12.4 Å². The second-order valence-electron chi connectivity index (χ2n) is 4.59. The summed E-state index contributed by atoms with van der Waals surface area (Å²) in [4.78, 5) is 25.6. The van der Waals surface area contributed by atoms with Crippen LogP contribution >= 0.6 is 31.9 Å². The first-order chi connectivity index (χ1) is 9.99. The van der Waals surface area contributed by atoms with Crippen molar-refractivity contribution in [3.05, 3.63) is 62.3 Å². The van der Waals surface area contributed by atoms with Crippen LogP contribution in [0.25, 0.3) is 0 Å². The van der Waals surface area contributed by atoms with Crippen molar-refractivity contribution in [1.29, 1.82) is 0 Å². The maximum atomic E-state index is 13.1. The number of benzene rings is 2. The van der Waals surface area contributed by atoms with Crippen LogP contribution in [0.5, 0.6) is 0 Å². The molecule has 0 spiro atoms. The zero-order valence-electron chi connectivity index (χ0n) is 10.6. The molecule has 0 fully saturated rings. The molecule has 2 aromatic rings. The summed E-state index contributed by atoms with van der Waals surface area (Å²) in [5, 5.41) is 0. The number of Topliss-reactive ketones (excluding diaryl/α,β-unsaturated/α-hetero) is 1. The maximum Gasteiger partial charge on any atom is 0.299 e. The molecule has 0 bridgehead atoms. The fourth-order valence-electron chi connectivity index (χ4n) is 2.28. The molecule has 2 aromatic carbocycles. The molecule has 1 amide bonds. The third-order valence-electron chi connectivity index (χ3n) is 3.28. The highest BCUT2D eigenvalue weighted by Gasteiger charge is 2.37. The molecule has 21 heavy (non-hydrogen) atoms. The molecule has 106 valence electrons. The predicted octanol–water partition coefficient (Wildman–Crippen LogP) is 4.08. The van der Waals surface area contributed by atoms with Crippen LogP contribution in [-0.4, -0.2) is 11.7 Å². The van der Waals surface area contributed by atoms with Crippen LogP contribution in [-0.2, 0) is 11.3 Å². The molecule has 3 nitrogen and oxygen atoms in total. The zero-order chi connectivity index (χ0) is 15.1. The minimum atomic E-state index is -0.576. The maximum absolute atomic E-state index is 13.1. The average molecular weight is 413 g/mol. The van der Waals surface area contributed by atoms with E-state index in [9.17, 15) is 14.0 Å². The van der Waals surface area contributed by atoms with Crippen LogP contribution in [0.2, 0.25) is 0 Å². The van der Waals surface area contributed by atoms with Crippen molar-refractivity contribution in [2.45, 2.75) is 6.54 Å². The van der Waals surface area contributed by atoms with Crippen LogP contribution in [0.3, 0.4) is 0 Å². The van der Waals surface area contributed by atoms with Crippen molar-refractivity contribution in [3.63, 3.8) is 0 Å². The van der Waals surface area contributed by atoms with Gasteiger partial charge < -0.3 is 0 Å². The molecule has 0 saturated heterocycles. The minimum Gasteiger partial charge on any atom is -0.299 e. The average Bonchev–Trinajstić information content (AvgIpc) is 2.68. The van der Waals surface area contributed by atoms with Gasteiger partial charge in [0, 0.05) is 8.95 Å². The number of hydrogen-bond donors (Lipinski definition) is 0. The van der Waals surface area contributed by atoms with Gasteiger partial charge in [-0.15, -0.1) is 0 Å². The third-order valence-corrected chi connectivity index (χ3v) is 4.66. The monoisotopic (exact) mass is 411 g/mol. The van der Waals surface area contributed by atoms with Gasteiger partial charge in [-0.3, -0.25) is 14.5 Å². The number of rotatable bonds is 2. The molecule has 0 atom stereocenters. The molecule has 0 unspecified atom stereocenters. The summed E-state index contributed by atoms with van der Waals surface area (Å²) in [6.07, 6.45) is 0. The molecular formula is C15H8Br2FNO2. The second-order valence-corrected chi connectivity index (χ2v) is 6.30. The van der Waals surface area contributed by atoms with Gasteiger partial charge in [-0.05, 0) is 45.8 Å². The van der Waals surface area contributed by atoms with Crippen LogP contribution in [0.15, 0.2) is 45.3 Å².